The van der Waals surface area contributed by atoms with Gasteiger partial charge in [0.1, 0.15) is 5.78 Å². The summed E-state index contributed by atoms with van der Waals surface area (Å²) in [4.78, 5) is 10.9. The fourth-order valence-electron chi connectivity index (χ4n) is 1.07. The van der Waals surface area contributed by atoms with E-state index in [2.05, 4.69) is 10.6 Å². The molecule has 0 radical (unpaired) electrons. The standard InChI is InChI=1S/C7H14N2OS/c1-5(10)6-4-11-7(9-6)3-8-2/h6-9H,3-4H2,1-2H3. The number of nitrogens with one attached hydrogen (secondary N) is 2. The second-order valence-corrected chi connectivity index (χ2v) is 3.95. The van der Waals surface area contributed by atoms with Crippen molar-refractivity contribution >= 4 is 17.5 Å². The first kappa shape index (κ1) is 9.03. The molecule has 4 heteroatoms. The first-order valence-corrected chi connectivity index (χ1v) is 4.81. The predicted octanol–water partition coefficient (Wildman–Crippen LogP) is -0.174. The summed E-state index contributed by atoms with van der Waals surface area (Å²) < 4.78 is 0. The minimum atomic E-state index is 0.0818. The molecule has 0 aliphatic carbocycles. The number of thioether (sulfide) groups is 1. The van der Waals surface area contributed by atoms with Gasteiger partial charge in [-0.3, -0.25) is 10.1 Å². The number of ketones is 1. The first-order chi connectivity index (χ1) is 5.24. The van der Waals surface area contributed by atoms with Gasteiger partial charge in [-0.2, -0.15) is 0 Å². The first-order valence-electron chi connectivity index (χ1n) is 3.76. The zero-order valence-electron chi connectivity index (χ0n) is 6.89. The molecule has 64 valence electrons. The molecule has 11 heavy (non-hydrogen) atoms. The number of hydrogen-bond acceptors (Lipinski definition) is 4. The molecule has 1 aliphatic rings. The Morgan fingerprint density at radius 1 is 1.82 bits per heavy atom. The Kier molecular flexibility index (Phi) is 3.36. The van der Waals surface area contributed by atoms with E-state index in [1.807, 2.05) is 18.8 Å². The van der Waals surface area contributed by atoms with Gasteiger partial charge in [0.2, 0.25) is 0 Å². The molecule has 0 spiro atoms. The molecule has 2 N–H and O–H groups in total. The summed E-state index contributed by atoms with van der Waals surface area (Å²) in [5, 5.41) is 6.73. The van der Waals surface area contributed by atoms with Gasteiger partial charge in [-0.25, -0.2) is 0 Å². The smallest absolute Gasteiger partial charge is 0.147 e. The number of hydrogen-bond donors (Lipinski definition) is 2. The maximum absolute atomic E-state index is 10.9. The van der Waals surface area contributed by atoms with Gasteiger partial charge in [0, 0.05) is 12.3 Å². The topological polar surface area (TPSA) is 41.1 Å². The highest BCUT2D eigenvalue weighted by Crippen LogP contribution is 2.18. The van der Waals surface area contributed by atoms with Crippen molar-refractivity contribution in [2.75, 3.05) is 19.3 Å². The highest BCUT2D eigenvalue weighted by Gasteiger charge is 2.26. The van der Waals surface area contributed by atoms with E-state index in [1.54, 1.807) is 6.92 Å². The molecule has 0 saturated carbocycles. The molecule has 1 saturated heterocycles. The van der Waals surface area contributed by atoms with Crippen LogP contribution in [0.4, 0.5) is 0 Å². The summed E-state index contributed by atoms with van der Waals surface area (Å²) in [5.41, 5.74) is 0. The van der Waals surface area contributed by atoms with E-state index in [4.69, 9.17) is 0 Å². The van der Waals surface area contributed by atoms with E-state index < -0.39 is 0 Å². The van der Waals surface area contributed by atoms with E-state index in [-0.39, 0.29) is 11.8 Å². The lowest BCUT2D eigenvalue weighted by Crippen LogP contribution is -2.39. The Balaban J connectivity index is 2.29. The average molecular weight is 174 g/mol. The van der Waals surface area contributed by atoms with Crippen LogP contribution in [0.15, 0.2) is 0 Å². The molecule has 2 unspecified atom stereocenters. The Morgan fingerprint density at radius 3 is 3.00 bits per heavy atom. The zero-order chi connectivity index (χ0) is 8.27. The number of rotatable bonds is 3. The molecule has 0 bridgehead atoms. The summed E-state index contributed by atoms with van der Waals surface area (Å²) >= 11 is 1.81. The molecule has 0 aromatic rings. The second kappa shape index (κ2) is 4.09. The highest BCUT2D eigenvalue weighted by molar-refractivity contribution is 8.00. The second-order valence-electron chi connectivity index (χ2n) is 2.71. The van der Waals surface area contributed by atoms with Crippen molar-refractivity contribution in [1.29, 1.82) is 0 Å². The molecule has 1 heterocycles. The Hall–Kier alpha value is -0.0600. The maximum Gasteiger partial charge on any atom is 0.147 e. The van der Waals surface area contributed by atoms with Crippen LogP contribution in [0.3, 0.4) is 0 Å². The van der Waals surface area contributed by atoms with E-state index in [1.165, 1.54) is 0 Å². The third-order valence-electron chi connectivity index (χ3n) is 1.73. The zero-order valence-corrected chi connectivity index (χ0v) is 7.70. The summed E-state index contributed by atoms with van der Waals surface area (Å²) in [6, 6.07) is 0.0818. The number of likely N-dealkylation sites (N-methyl/N-ethyl adjacent to an activating group) is 1. The molecular weight excluding hydrogens is 160 g/mol. The molecule has 0 amide bonds. The molecule has 1 fully saturated rings. The summed E-state index contributed by atoms with van der Waals surface area (Å²) in [7, 11) is 1.92. The van der Waals surface area contributed by atoms with Crippen molar-refractivity contribution in [2.45, 2.75) is 18.3 Å². The van der Waals surface area contributed by atoms with Crippen molar-refractivity contribution < 1.29 is 4.79 Å². The number of carbonyl (C=O) groups excluding carboxylic acids is 1. The molecular formula is C7H14N2OS. The minimum Gasteiger partial charge on any atom is -0.317 e. The minimum absolute atomic E-state index is 0.0818. The van der Waals surface area contributed by atoms with E-state index in [9.17, 15) is 4.79 Å². The number of Topliss-reactive ketones (excluding diaryl/α,β-unsaturated/α-hetero) is 1. The van der Waals surface area contributed by atoms with Crippen molar-refractivity contribution in [3.63, 3.8) is 0 Å². The molecule has 2 atom stereocenters. The Labute approximate surface area is 71.3 Å². The lowest BCUT2D eigenvalue weighted by Gasteiger charge is -2.09. The largest absolute Gasteiger partial charge is 0.317 e. The summed E-state index contributed by atoms with van der Waals surface area (Å²) in [6.07, 6.45) is 0. The van der Waals surface area contributed by atoms with Gasteiger partial charge in [0.25, 0.3) is 0 Å². The van der Waals surface area contributed by atoms with Crippen molar-refractivity contribution in [3.05, 3.63) is 0 Å². The van der Waals surface area contributed by atoms with Crippen molar-refractivity contribution in [1.82, 2.24) is 10.6 Å². The number of carbonyl (C=O) groups is 1. The fourth-order valence-corrected chi connectivity index (χ4v) is 2.37. The van der Waals surface area contributed by atoms with Gasteiger partial charge in [-0.1, -0.05) is 0 Å². The molecule has 0 aromatic heterocycles. The van der Waals surface area contributed by atoms with Crippen molar-refractivity contribution in [3.8, 4) is 0 Å². The third-order valence-corrected chi connectivity index (χ3v) is 2.96. The van der Waals surface area contributed by atoms with E-state index in [0.717, 1.165) is 12.3 Å². The van der Waals surface area contributed by atoms with Crippen LogP contribution in [0.5, 0.6) is 0 Å². The third kappa shape index (κ3) is 2.47. The monoisotopic (exact) mass is 174 g/mol. The molecule has 1 aliphatic heterocycles. The lowest BCUT2D eigenvalue weighted by molar-refractivity contribution is -0.118. The van der Waals surface area contributed by atoms with Crippen LogP contribution in [-0.2, 0) is 4.79 Å². The van der Waals surface area contributed by atoms with Crippen LogP contribution >= 0.6 is 11.8 Å². The van der Waals surface area contributed by atoms with Crippen LogP contribution in [-0.4, -0.2) is 36.5 Å². The van der Waals surface area contributed by atoms with Gasteiger partial charge in [-0.05, 0) is 14.0 Å². The van der Waals surface area contributed by atoms with Crippen LogP contribution < -0.4 is 10.6 Å². The highest BCUT2D eigenvalue weighted by atomic mass is 32.2. The average Bonchev–Trinajstić information content (AvgIpc) is 2.37. The SMILES string of the molecule is CNCC1NC(C(C)=O)CS1. The quantitative estimate of drug-likeness (QED) is 0.623. The summed E-state index contributed by atoms with van der Waals surface area (Å²) in [5.74, 6) is 1.16. The van der Waals surface area contributed by atoms with Gasteiger partial charge < -0.3 is 5.32 Å². The molecule has 0 aromatic carbocycles. The van der Waals surface area contributed by atoms with Gasteiger partial charge in [-0.15, -0.1) is 11.8 Å². The Bertz CT molecular complexity index is 151. The lowest BCUT2D eigenvalue weighted by atomic mass is 10.2. The predicted molar refractivity (Wildman–Crippen MR) is 47.8 cm³/mol. The molecule has 1 rings (SSSR count). The molecule has 3 nitrogen and oxygen atoms in total. The van der Waals surface area contributed by atoms with E-state index in [0.29, 0.717) is 5.37 Å². The van der Waals surface area contributed by atoms with Crippen LogP contribution in [0.1, 0.15) is 6.92 Å². The normalized spacial score (nSPS) is 30.7. The van der Waals surface area contributed by atoms with Gasteiger partial charge >= 0.3 is 0 Å². The Morgan fingerprint density at radius 2 is 2.55 bits per heavy atom. The van der Waals surface area contributed by atoms with E-state index >= 15 is 0 Å². The van der Waals surface area contributed by atoms with Crippen molar-refractivity contribution in [2.24, 2.45) is 0 Å². The van der Waals surface area contributed by atoms with Crippen LogP contribution in [0.2, 0.25) is 0 Å². The maximum atomic E-state index is 10.9. The summed E-state index contributed by atoms with van der Waals surface area (Å²) in [6.45, 7) is 2.56. The fraction of sp³-hybridized carbons (Fsp3) is 0.857. The van der Waals surface area contributed by atoms with Gasteiger partial charge in [0.05, 0.1) is 11.4 Å². The van der Waals surface area contributed by atoms with Crippen LogP contribution in [0, 0.1) is 0 Å². The van der Waals surface area contributed by atoms with Crippen LogP contribution in [0.25, 0.3) is 0 Å². The van der Waals surface area contributed by atoms with Gasteiger partial charge in [0.15, 0.2) is 0 Å².